The fourth-order valence-electron chi connectivity index (χ4n) is 2.53. The summed E-state index contributed by atoms with van der Waals surface area (Å²) in [5.41, 5.74) is 0. The van der Waals surface area contributed by atoms with Crippen LogP contribution in [0.3, 0.4) is 0 Å². The fourth-order valence-corrected chi connectivity index (χ4v) is 2.53. The van der Waals surface area contributed by atoms with E-state index in [0.29, 0.717) is 6.04 Å². The van der Waals surface area contributed by atoms with E-state index in [1.165, 1.54) is 0 Å². The molecule has 1 N–H and O–H groups in total. The maximum atomic E-state index is 12.1. The number of carbonyl (C=O) groups is 1. The highest BCUT2D eigenvalue weighted by Crippen LogP contribution is 2.15. The third-order valence-electron chi connectivity index (χ3n) is 3.64. The van der Waals surface area contributed by atoms with Gasteiger partial charge in [-0.3, -0.25) is 4.79 Å². The van der Waals surface area contributed by atoms with Crippen LogP contribution in [0, 0.1) is 0 Å². The molecule has 1 aliphatic rings. The standard InChI is InChI=1S/C13H27N3O/c1-5-14-12-8-9-16(13(12)17)11(4)10-15(6-2)7-3/h11-12,14H,5-10H2,1-4H3. The van der Waals surface area contributed by atoms with Crippen molar-refractivity contribution >= 4 is 5.91 Å². The van der Waals surface area contributed by atoms with E-state index in [1.807, 2.05) is 4.90 Å². The van der Waals surface area contributed by atoms with Crippen LogP contribution in [0.4, 0.5) is 0 Å². The van der Waals surface area contributed by atoms with E-state index in [0.717, 1.165) is 39.1 Å². The highest BCUT2D eigenvalue weighted by molar-refractivity contribution is 5.84. The lowest BCUT2D eigenvalue weighted by atomic mass is 10.2. The largest absolute Gasteiger partial charge is 0.337 e. The van der Waals surface area contributed by atoms with Crippen molar-refractivity contribution in [3.63, 3.8) is 0 Å². The summed E-state index contributed by atoms with van der Waals surface area (Å²) in [6.45, 7) is 13.4. The smallest absolute Gasteiger partial charge is 0.240 e. The molecular weight excluding hydrogens is 214 g/mol. The Morgan fingerprint density at radius 3 is 2.59 bits per heavy atom. The van der Waals surface area contributed by atoms with Crippen LogP contribution in [0.15, 0.2) is 0 Å². The Labute approximate surface area is 105 Å². The normalized spacial score (nSPS) is 22.5. The SMILES string of the molecule is CCNC1CCN(C(C)CN(CC)CC)C1=O. The Balaban J connectivity index is 2.48. The summed E-state index contributed by atoms with van der Waals surface area (Å²) in [5.74, 6) is 0.284. The van der Waals surface area contributed by atoms with E-state index in [4.69, 9.17) is 0 Å². The first-order valence-electron chi connectivity index (χ1n) is 6.90. The zero-order valence-electron chi connectivity index (χ0n) is 11.7. The van der Waals surface area contributed by atoms with Crippen LogP contribution in [-0.4, -0.2) is 60.5 Å². The van der Waals surface area contributed by atoms with Crippen LogP contribution < -0.4 is 5.32 Å². The molecule has 2 atom stereocenters. The van der Waals surface area contributed by atoms with Crippen molar-refractivity contribution in [2.24, 2.45) is 0 Å². The molecule has 1 rings (SSSR count). The second-order valence-corrected chi connectivity index (χ2v) is 4.77. The molecule has 2 unspecified atom stereocenters. The molecule has 0 bridgehead atoms. The topological polar surface area (TPSA) is 35.6 Å². The van der Waals surface area contributed by atoms with E-state index in [-0.39, 0.29) is 11.9 Å². The number of amides is 1. The van der Waals surface area contributed by atoms with Crippen LogP contribution in [0.1, 0.15) is 34.1 Å². The second-order valence-electron chi connectivity index (χ2n) is 4.77. The van der Waals surface area contributed by atoms with Crippen molar-refractivity contribution in [1.82, 2.24) is 15.1 Å². The van der Waals surface area contributed by atoms with Gasteiger partial charge in [-0.05, 0) is 33.0 Å². The summed E-state index contributed by atoms with van der Waals surface area (Å²) < 4.78 is 0. The van der Waals surface area contributed by atoms with Crippen LogP contribution in [-0.2, 0) is 4.79 Å². The molecule has 0 radical (unpaired) electrons. The van der Waals surface area contributed by atoms with Gasteiger partial charge in [0.25, 0.3) is 0 Å². The number of rotatable bonds is 7. The summed E-state index contributed by atoms with van der Waals surface area (Å²) in [6.07, 6.45) is 0.954. The Kier molecular flexibility index (Phi) is 5.92. The lowest BCUT2D eigenvalue weighted by molar-refractivity contribution is -0.131. The molecule has 4 nitrogen and oxygen atoms in total. The second kappa shape index (κ2) is 6.97. The van der Waals surface area contributed by atoms with Crippen LogP contribution in [0.5, 0.6) is 0 Å². The molecule has 1 amide bonds. The van der Waals surface area contributed by atoms with Gasteiger partial charge in [0.1, 0.15) is 0 Å². The Bertz CT molecular complexity index is 241. The number of nitrogens with one attached hydrogen (secondary N) is 1. The average Bonchev–Trinajstić information content (AvgIpc) is 2.68. The Morgan fingerprint density at radius 1 is 1.41 bits per heavy atom. The molecule has 0 aromatic rings. The minimum atomic E-state index is 0.0548. The molecule has 1 aliphatic heterocycles. The highest BCUT2D eigenvalue weighted by Gasteiger charge is 2.33. The zero-order chi connectivity index (χ0) is 12.8. The molecule has 1 saturated heterocycles. The van der Waals surface area contributed by atoms with Gasteiger partial charge in [0.2, 0.25) is 5.91 Å². The maximum Gasteiger partial charge on any atom is 0.240 e. The van der Waals surface area contributed by atoms with Crippen molar-refractivity contribution in [2.45, 2.75) is 46.2 Å². The van der Waals surface area contributed by atoms with Crippen molar-refractivity contribution < 1.29 is 4.79 Å². The van der Waals surface area contributed by atoms with E-state index >= 15 is 0 Å². The third-order valence-corrected chi connectivity index (χ3v) is 3.64. The van der Waals surface area contributed by atoms with Gasteiger partial charge in [0, 0.05) is 19.1 Å². The first-order chi connectivity index (χ1) is 8.13. The van der Waals surface area contributed by atoms with E-state index in [2.05, 4.69) is 37.9 Å². The maximum absolute atomic E-state index is 12.1. The molecule has 17 heavy (non-hydrogen) atoms. The van der Waals surface area contributed by atoms with Crippen molar-refractivity contribution in [2.75, 3.05) is 32.7 Å². The molecule has 0 saturated carbocycles. The molecule has 1 heterocycles. The molecule has 4 heteroatoms. The van der Waals surface area contributed by atoms with Crippen LogP contribution in [0.2, 0.25) is 0 Å². The van der Waals surface area contributed by atoms with Gasteiger partial charge in [0.15, 0.2) is 0 Å². The zero-order valence-corrected chi connectivity index (χ0v) is 11.7. The van der Waals surface area contributed by atoms with Gasteiger partial charge < -0.3 is 15.1 Å². The summed E-state index contributed by atoms with van der Waals surface area (Å²) in [5, 5.41) is 3.26. The van der Waals surface area contributed by atoms with Gasteiger partial charge >= 0.3 is 0 Å². The van der Waals surface area contributed by atoms with Gasteiger partial charge in [-0.2, -0.15) is 0 Å². The average molecular weight is 241 g/mol. The Hall–Kier alpha value is -0.610. The van der Waals surface area contributed by atoms with E-state index < -0.39 is 0 Å². The predicted molar refractivity (Wildman–Crippen MR) is 71.0 cm³/mol. The summed E-state index contributed by atoms with van der Waals surface area (Å²) in [7, 11) is 0. The molecule has 0 aromatic heterocycles. The number of likely N-dealkylation sites (N-methyl/N-ethyl adjacent to an activating group) is 2. The first-order valence-corrected chi connectivity index (χ1v) is 6.90. The number of hydrogen-bond acceptors (Lipinski definition) is 3. The minimum Gasteiger partial charge on any atom is -0.337 e. The minimum absolute atomic E-state index is 0.0548. The first kappa shape index (κ1) is 14.5. The lowest BCUT2D eigenvalue weighted by Crippen LogP contribution is -2.46. The molecular formula is C13H27N3O. The van der Waals surface area contributed by atoms with E-state index in [9.17, 15) is 4.79 Å². The quantitative estimate of drug-likeness (QED) is 0.720. The van der Waals surface area contributed by atoms with Crippen LogP contribution in [0.25, 0.3) is 0 Å². The number of nitrogens with zero attached hydrogens (tertiary/aromatic N) is 2. The monoisotopic (exact) mass is 241 g/mol. The number of likely N-dealkylation sites (tertiary alicyclic amines) is 1. The molecule has 0 aliphatic carbocycles. The predicted octanol–water partition coefficient (Wildman–Crippen LogP) is 0.927. The van der Waals surface area contributed by atoms with Gasteiger partial charge in [-0.15, -0.1) is 0 Å². The lowest BCUT2D eigenvalue weighted by Gasteiger charge is -2.30. The van der Waals surface area contributed by atoms with Crippen LogP contribution >= 0.6 is 0 Å². The fraction of sp³-hybridized carbons (Fsp3) is 0.923. The third kappa shape index (κ3) is 3.68. The Morgan fingerprint density at radius 2 is 2.06 bits per heavy atom. The van der Waals surface area contributed by atoms with E-state index in [1.54, 1.807) is 0 Å². The van der Waals surface area contributed by atoms with Gasteiger partial charge in [-0.25, -0.2) is 0 Å². The van der Waals surface area contributed by atoms with Crippen molar-refractivity contribution in [3.05, 3.63) is 0 Å². The van der Waals surface area contributed by atoms with Crippen molar-refractivity contribution in [1.29, 1.82) is 0 Å². The summed E-state index contributed by atoms with van der Waals surface area (Å²) >= 11 is 0. The van der Waals surface area contributed by atoms with Crippen molar-refractivity contribution in [3.8, 4) is 0 Å². The van der Waals surface area contributed by atoms with Gasteiger partial charge in [-0.1, -0.05) is 20.8 Å². The number of carbonyl (C=O) groups excluding carboxylic acids is 1. The van der Waals surface area contributed by atoms with Gasteiger partial charge in [0.05, 0.1) is 6.04 Å². The summed E-state index contributed by atoms with van der Waals surface area (Å²) in [6, 6.07) is 0.380. The molecule has 100 valence electrons. The molecule has 0 aromatic carbocycles. The molecule has 0 spiro atoms. The molecule has 1 fully saturated rings. The highest BCUT2D eigenvalue weighted by atomic mass is 16.2. The summed E-state index contributed by atoms with van der Waals surface area (Å²) in [4.78, 5) is 16.5. The number of hydrogen-bond donors (Lipinski definition) is 1.